The van der Waals surface area contributed by atoms with E-state index >= 15 is 0 Å². The van der Waals surface area contributed by atoms with E-state index in [0.717, 1.165) is 34.4 Å². The van der Waals surface area contributed by atoms with Gasteiger partial charge >= 0.3 is 0 Å². The van der Waals surface area contributed by atoms with E-state index in [9.17, 15) is 4.79 Å². The molecular formula is C35H34N4OS. The average molecular weight is 559 g/mol. The Hall–Kier alpha value is -4.16. The highest BCUT2D eigenvalue weighted by atomic mass is 32.2. The van der Waals surface area contributed by atoms with Gasteiger partial charge in [-0.2, -0.15) is 0 Å². The smallest absolute Gasteiger partial charge is 0.224 e. The quantitative estimate of drug-likeness (QED) is 0.182. The lowest BCUT2D eigenvalue weighted by Gasteiger charge is -2.20. The minimum atomic E-state index is -0.330. The second kappa shape index (κ2) is 12.1. The molecule has 1 N–H and O–H groups in total. The minimum absolute atomic E-state index is 0.0263. The Labute approximate surface area is 246 Å². The number of benzene rings is 4. The van der Waals surface area contributed by atoms with Crippen molar-refractivity contribution in [3.05, 3.63) is 143 Å². The molecule has 1 aromatic heterocycles. The molecule has 0 spiro atoms. The molecule has 4 aromatic carbocycles. The molecule has 1 aliphatic carbocycles. The molecular weight excluding hydrogens is 524 g/mol. The summed E-state index contributed by atoms with van der Waals surface area (Å²) in [4.78, 5) is 13.6. The molecule has 206 valence electrons. The van der Waals surface area contributed by atoms with Crippen molar-refractivity contribution in [3.63, 3.8) is 0 Å². The molecule has 0 bridgehead atoms. The van der Waals surface area contributed by atoms with Crippen LogP contribution >= 0.6 is 11.8 Å². The molecule has 1 fully saturated rings. The van der Waals surface area contributed by atoms with Crippen LogP contribution in [0.5, 0.6) is 0 Å². The fourth-order valence-corrected chi connectivity index (χ4v) is 6.28. The number of amides is 1. The van der Waals surface area contributed by atoms with Crippen molar-refractivity contribution in [2.24, 2.45) is 5.92 Å². The van der Waals surface area contributed by atoms with Crippen LogP contribution in [-0.2, 0) is 17.0 Å². The predicted molar refractivity (Wildman–Crippen MR) is 165 cm³/mol. The highest BCUT2D eigenvalue weighted by Crippen LogP contribution is 2.47. The zero-order valence-electron chi connectivity index (χ0n) is 23.4. The summed E-state index contributed by atoms with van der Waals surface area (Å²) in [5, 5.41) is 13.6. The van der Waals surface area contributed by atoms with Crippen molar-refractivity contribution in [3.8, 4) is 5.69 Å². The Morgan fingerprint density at radius 3 is 2.29 bits per heavy atom. The Bertz CT molecular complexity index is 1620. The number of nitrogens with zero attached hydrogens (tertiary/aromatic N) is 3. The molecule has 5 aromatic rings. The molecule has 3 atom stereocenters. The van der Waals surface area contributed by atoms with Crippen molar-refractivity contribution >= 4 is 17.7 Å². The molecule has 6 heteroatoms. The molecule has 1 heterocycles. The fourth-order valence-electron chi connectivity index (χ4n) is 5.38. The van der Waals surface area contributed by atoms with Crippen LogP contribution in [-0.4, -0.2) is 20.7 Å². The lowest BCUT2D eigenvalue weighted by atomic mass is 10.0. The van der Waals surface area contributed by atoms with Crippen LogP contribution in [0.15, 0.2) is 114 Å². The molecule has 3 unspecified atom stereocenters. The molecule has 0 radical (unpaired) electrons. The van der Waals surface area contributed by atoms with Crippen LogP contribution in [0.1, 0.15) is 52.0 Å². The number of carbonyl (C=O) groups is 1. The van der Waals surface area contributed by atoms with Crippen LogP contribution < -0.4 is 5.32 Å². The number of hydrogen-bond donors (Lipinski definition) is 1. The van der Waals surface area contributed by atoms with Crippen molar-refractivity contribution < 1.29 is 4.79 Å². The second-order valence-corrected chi connectivity index (χ2v) is 11.8. The fraction of sp³-hybridized carbons (Fsp3) is 0.229. The first kappa shape index (κ1) is 27.0. The van der Waals surface area contributed by atoms with E-state index in [4.69, 9.17) is 5.10 Å². The Kier molecular flexibility index (Phi) is 8.01. The largest absolute Gasteiger partial charge is 0.345 e. The number of carbonyl (C=O) groups excluding carboxylic acids is 1. The topological polar surface area (TPSA) is 59.8 Å². The van der Waals surface area contributed by atoms with E-state index in [2.05, 4.69) is 102 Å². The highest BCUT2D eigenvalue weighted by Gasteiger charge is 2.44. The van der Waals surface area contributed by atoms with Gasteiger partial charge in [-0.3, -0.25) is 9.36 Å². The summed E-state index contributed by atoms with van der Waals surface area (Å²) >= 11 is 1.66. The van der Waals surface area contributed by atoms with Gasteiger partial charge in [0.1, 0.15) is 0 Å². The minimum Gasteiger partial charge on any atom is -0.345 e. The number of aromatic nitrogens is 3. The zero-order chi connectivity index (χ0) is 28.2. The number of thioether (sulfide) groups is 1. The van der Waals surface area contributed by atoms with Crippen LogP contribution in [0, 0.1) is 19.8 Å². The SMILES string of the molecule is Cc1ccc(-n2c(SCc3cccc(C)c3)nnc2C(Cc2ccccc2)NC(=O)C2CC2c2ccccc2)cc1. The molecule has 5 nitrogen and oxygen atoms in total. The van der Waals surface area contributed by atoms with E-state index in [0.29, 0.717) is 6.42 Å². The van der Waals surface area contributed by atoms with Crippen molar-refractivity contribution in [1.29, 1.82) is 0 Å². The number of aryl methyl sites for hydroxylation is 2. The monoisotopic (exact) mass is 558 g/mol. The van der Waals surface area contributed by atoms with Gasteiger partial charge in [-0.15, -0.1) is 10.2 Å². The summed E-state index contributed by atoms with van der Waals surface area (Å²) < 4.78 is 2.12. The lowest BCUT2D eigenvalue weighted by molar-refractivity contribution is -0.123. The van der Waals surface area contributed by atoms with Gasteiger partial charge in [0, 0.05) is 17.4 Å². The Balaban J connectivity index is 1.33. The van der Waals surface area contributed by atoms with Crippen molar-refractivity contribution in [2.45, 2.75) is 49.6 Å². The average Bonchev–Trinajstić information content (AvgIpc) is 3.70. The maximum atomic E-state index is 13.6. The summed E-state index contributed by atoms with van der Waals surface area (Å²) in [5.74, 6) is 1.84. The summed E-state index contributed by atoms with van der Waals surface area (Å²) in [5.41, 5.74) is 7.02. The zero-order valence-corrected chi connectivity index (χ0v) is 24.2. The first-order chi connectivity index (χ1) is 20.0. The predicted octanol–water partition coefficient (Wildman–Crippen LogP) is 7.38. The van der Waals surface area contributed by atoms with E-state index in [1.165, 1.54) is 22.3 Å². The van der Waals surface area contributed by atoms with Crippen LogP contribution in [0.2, 0.25) is 0 Å². The lowest BCUT2D eigenvalue weighted by Crippen LogP contribution is -2.33. The van der Waals surface area contributed by atoms with Crippen molar-refractivity contribution in [2.75, 3.05) is 0 Å². The number of rotatable bonds is 10. The third-order valence-electron chi connectivity index (χ3n) is 7.67. The normalized spacial score (nSPS) is 16.7. The second-order valence-electron chi connectivity index (χ2n) is 10.9. The summed E-state index contributed by atoms with van der Waals surface area (Å²) in [6, 6.07) is 37.3. The van der Waals surface area contributed by atoms with Gasteiger partial charge in [0.25, 0.3) is 0 Å². The van der Waals surface area contributed by atoms with E-state index in [1.54, 1.807) is 11.8 Å². The molecule has 1 saturated carbocycles. The highest BCUT2D eigenvalue weighted by molar-refractivity contribution is 7.98. The first-order valence-corrected chi connectivity index (χ1v) is 15.1. The summed E-state index contributed by atoms with van der Waals surface area (Å²) in [6.45, 7) is 4.20. The third-order valence-corrected chi connectivity index (χ3v) is 8.67. The molecule has 41 heavy (non-hydrogen) atoms. The third kappa shape index (κ3) is 6.44. The van der Waals surface area contributed by atoms with Gasteiger partial charge < -0.3 is 5.32 Å². The number of nitrogens with one attached hydrogen (secondary N) is 1. The van der Waals surface area contributed by atoms with Gasteiger partial charge in [-0.1, -0.05) is 120 Å². The Morgan fingerprint density at radius 2 is 1.56 bits per heavy atom. The van der Waals surface area contributed by atoms with Gasteiger partial charge in [0.15, 0.2) is 11.0 Å². The standard InChI is InChI=1S/C35H34N4OS/c1-24-16-18-29(19-17-24)39-33(37-38-35(39)41-23-27-13-9-10-25(2)20-27)32(21-26-11-5-3-6-12-26)36-34(40)31-22-30(31)28-14-7-4-8-15-28/h3-20,30-32H,21-23H2,1-2H3,(H,36,40). The summed E-state index contributed by atoms with van der Waals surface area (Å²) in [6.07, 6.45) is 1.50. The summed E-state index contributed by atoms with van der Waals surface area (Å²) in [7, 11) is 0. The van der Waals surface area contributed by atoms with E-state index < -0.39 is 0 Å². The first-order valence-electron chi connectivity index (χ1n) is 14.1. The van der Waals surface area contributed by atoms with Crippen LogP contribution in [0.3, 0.4) is 0 Å². The van der Waals surface area contributed by atoms with E-state index in [1.807, 2.05) is 36.4 Å². The molecule has 1 amide bonds. The molecule has 6 rings (SSSR count). The van der Waals surface area contributed by atoms with Crippen molar-refractivity contribution in [1.82, 2.24) is 20.1 Å². The van der Waals surface area contributed by atoms with Crippen LogP contribution in [0.25, 0.3) is 5.69 Å². The maximum absolute atomic E-state index is 13.6. The molecule has 1 aliphatic rings. The van der Waals surface area contributed by atoms with Gasteiger partial charge in [-0.05, 0) is 61.4 Å². The van der Waals surface area contributed by atoms with Gasteiger partial charge in [0.05, 0.1) is 6.04 Å². The number of hydrogen-bond acceptors (Lipinski definition) is 4. The molecule has 0 aliphatic heterocycles. The van der Waals surface area contributed by atoms with Crippen LogP contribution in [0.4, 0.5) is 0 Å². The molecule has 0 saturated heterocycles. The van der Waals surface area contributed by atoms with E-state index in [-0.39, 0.29) is 23.8 Å². The maximum Gasteiger partial charge on any atom is 0.224 e. The van der Waals surface area contributed by atoms with Gasteiger partial charge in [0.2, 0.25) is 5.91 Å². The van der Waals surface area contributed by atoms with Gasteiger partial charge in [-0.25, -0.2) is 0 Å². The Morgan fingerprint density at radius 1 is 0.854 bits per heavy atom.